The molecule has 0 saturated heterocycles. The third kappa shape index (κ3) is 3.13. The van der Waals surface area contributed by atoms with Crippen LogP contribution in [0.5, 0.6) is 0 Å². The van der Waals surface area contributed by atoms with Crippen LogP contribution in [0.25, 0.3) is 0 Å². The van der Waals surface area contributed by atoms with Gasteiger partial charge in [0.05, 0.1) is 11.0 Å². The summed E-state index contributed by atoms with van der Waals surface area (Å²) in [7, 11) is 0. The predicted molar refractivity (Wildman–Crippen MR) is 71.5 cm³/mol. The van der Waals surface area contributed by atoms with E-state index >= 15 is 0 Å². The second-order valence-corrected chi connectivity index (χ2v) is 4.42. The molecule has 0 bridgehead atoms. The van der Waals surface area contributed by atoms with E-state index in [-0.39, 0.29) is 11.3 Å². The van der Waals surface area contributed by atoms with Crippen LogP contribution in [0.4, 0.5) is 24.5 Å². The van der Waals surface area contributed by atoms with E-state index in [1.165, 1.54) is 19.1 Å². The molecule has 1 atom stereocenters. The second kappa shape index (κ2) is 5.82. The number of hydrogen-bond donors (Lipinski definition) is 1. The molecule has 0 aliphatic heterocycles. The highest BCUT2D eigenvalue weighted by atomic mass is 19.1. The molecule has 1 unspecified atom stereocenters. The minimum atomic E-state index is -0.821. The average molecular weight is 296 g/mol. The van der Waals surface area contributed by atoms with Gasteiger partial charge in [-0.15, -0.1) is 0 Å². The molecule has 2 rings (SSSR count). The number of para-hydroxylation sites is 1. The second-order valence-electron chi connectivity index (χ2n) is 4.42. The van der Waals surface area contributed by atoms with Crippen molar-refractivity contribution in [3.8, 4) is 0 Å². The van der Waals surface area contributed by atoms with E-state index in [0.29, 0.717) is 6.07 Å². The van der Waals surface area contributed by atoms with Gasteiger partial charge in [-0.1, -0.05) is 12.1 Å². The van der Waals surface area contributed by atoms with E-state index in [1.807, 2.05) is 0 Å². The average Bonchev–Trinajstić information content (AvgIpc) is 2.40. The Morgan fingerprint density at radius 2 is 1.86 bits per heavy atom. The molecule has 1 N–H and O–H groups in total. The number of nitro groups is 1. The fraction of sp³-hybridized carbons (Fsp3) is 0.143. The molecule has 110 valence electrons. The SMILES string of the molecule is CC(Nc1c(F)cccc1[N+](=O)[O-])c1ccc(F)cc1F. The summed E-state index contributed by atoms with van der Waals surface area (Å²) in [5.74, 6) is -2.37. The number of benzene rings is 2. The lowest BCUT2D eigenvalue weighted by Crippen LogP contribution is -2.11. The van der Waals surface area contributed by atoms with Gasteiger partial charge in [0, 0.05) is 17.7 Å². The van der Waals surface area contributed by atoms with Crippen LogP contribution in [0, 0.1) is 27.6 Å². The molecule has 0 radical (unpaired) electrons. The van der Waals surface area contributed by atoms with Gasteiger partial charge in [0.25, 0.3) is 5.69 Å². The first-order valence-electron chi connectivity index (χ1n) is 6.04. The number of hydrogen-bond acceptors (Lipinski definition) is 3. The maximum Gasteiger partial charge on any atom is 0.295 e. The van der Waals surface area contributed by atoms with Gasteiger partial charge in [0.2, 0.25) is 0 Å². The highest BCUT2D eigenvalue weighted by molar-refractivity contribution is 5.63. The quantitative estimate of drug-likeness (QED) is 0.680. The van der Waals surface area contributed by atoms with Gasteiger partial charge in [0.15, 0.2) is 5.82 Å². The minimum Gasteiger partial charge on any atom is -0.370 e. The standard InChI is InChI=1S/C14H11F3N2O2/c1-8(10-6-5-9(15)7-12(10)17)18-14-11(16)3-2-4-13(14)19(20)21/h2-8,18H,1H3. The zero-order valence-corrected chi connectivity index (χ0v) is 10.9. The smallest absolute Gasteiger partial charge is 0.295 e. The van der Waals surface area contributed by atoms with Gasteiger partial charge in [0.1, 0.15) is 17.3 Å². The molecule has 4 nitrogen and oxygen atoms in total. The number of anilines is 1. The van der Waals surface area contributed by atoms with Gasteiger partial charge in [-0.25, -0.2) is 13.2 Å². The molecule has 0 aromatic heterocycles. The van der Waals surface area contributed by atoms with E-state index in [2.05, 4.69) is 5.32 Å². The lowest BCUT2D eigenvalue weighted by Gasteiger charge is -2.16. The number of nitro benzene ring substituents is 1. The largest absolute Gasteiger partial charge is 0.370 e. The molecule has 0 amide bonds. The molecule has 7 heteroatoms. The summed E-state index contributed by atoms with van der Waals surface area (Å²) in [6.45, 7) is 1.49. The van der Waals surface area contributed by atoms with Crippen molar-refractivity contribution in [2.45, 2.75) is 13.0 Å². The van der Waals surface area contributed by atoms with Crippen molar-refractivity contribution < 1.29 is 18.1 Å². The number of rotatable bonds is 4. The molecule has 2 aromatic rings. The third-order valence-corrected chi connectivity index (χ3v) is 2.98. The predicted octanol–water partition coefficient (Wildman–Crippen LogP) is 4.19. The summed E-state index contributed by atoms with van der Waals surface area (Å²) in [5, 5.41) is 13.4. The molecule has 0 aliphatic rings. The highest BCUT2D eigenvalue weighted by Gasteiger charge is 2.21. The van der Waals surface area contributed by atoms with Crippen molar-refractivity contribution in [1.29, 1.82) is 0 Å². The molecule has 2 aromatic carbocycles. The van der Waals surface area contributed by atoms with Crippen molar-refractivity contribution in [2.75, 3.05) is 5.32 Å². The summed E-state index contributed by atoms with van der Waals surface area (Å²) in [5.41, 5.74) is -0.711. The Hall–Kier alpha value is -2.57. The summed E-state index contributed by atoms with van der Waals surface area (Å²) in [6, 6.07) is 5.59. The van der Waals surface area contributed by atoms with E-state index < -0.39 is 34.1 Å². The maximum atomic E-state index is 13.7. The topological polar surface area (TPSA) is 55.2 Å². The van der Waals surface area contributed by atoms with Crippen molar-refractivity contribution >= 4 is 11.4 Å². The molecule has 0 fully saturated rings. The fourth-order valence-corrected chi connectivity index (χ4v) is 1.95. The summed E-state index contributed by atoms with van der Waals surface area (Å²) >= 11 is 0. The molecular formula is C14H11F3N2O2. The maximum absolute atomic E-state index is 13.7. The third-order valence-electron chi connectivity index (χ3n) is 2.98. The number of halogens is 3. The summed E-state index contributed by atoms with van der Waals surface area (Å²) in [4.78, 5) is 10.1. The van der Waals surface area contributed by atoms with E-state index in [4.69, 9.17) is 0 Å². The van der Waals surface area contributed by atoms with Gasteiger partial charge in [-0.3, -0.25) is 10.1 Å². The van der Waals surface area contributed by atoms with E-state index in [0.717, 1.165) is 18.2 Å². The van der Waals surface area contributed by atoms with E-state index in [1.54, 1.807) is 0 Å². The highest BCUT2D eigenvalue weighted by Crippen LogP contribution is 2.31. The van der Waals surface area contributed by atoms with Crippen molar-refractivity contribution in [3.05, 3.63) is 69.5 Å². The Morgan fingerprint density at radius 1 is 1.14 bits per heavy atom. The van der Waals surface area contributed by atoms with Crippen LogP contribution in [-0.2, 0) is 0 Å². The van der Waals surface area contributed by atoms with Gasteiger partial charge in [-0.2, -0.15) is 0 Å². The Morgan fingerprint density at radius 3 is 2.48 bits per heavy atom. The molecule has 0 spiro atoms. The zero-order valence-electron chi connectivity index (χ0n) is 10.9. The first kappa shape index (κ1) is 14.8. The van der Waals surface area contributed by atoms with Crippen molar-refractivity contribution in [3.63, 3.8) is 0 Å². The molecule has 0 saturated carbocycles. The lowest BCUT2D eigenvalue weighted by molar-refractivity contribution is -0.384. The van der Waals surface area contributed by atoms with Crippen molar-refractivity contribution in [2.24, 2.45) is 0 Å². The summed E-state index contributed by atoms with van der Waals surface area (Å²) in [6.07, 6.45) is 0. The van der Waals surface area contributed by atoms with Crippen molar-refractivity contribution in [1.82, 2.24) is 0 Å². The summed E-state index contributed by atoms with van der Waals surface area (Å²) < 4.78 is 40.2. The molecule has 21 heavy (non-hydrogen) atoms. The Bertz CT molecular complexity index is 692. The first-order chi connectivity index (χ1) is 9.90. The van der Waals surface area contributed by atoms with Crippen LogP contribution < -0.4 is 5.32 Å². The van der Waals surface area contributed by atoms with Crippen LogP contribution in [0.3, 0.4) is 0 Å². The Labute approximate surface area is 118 Å². The number of nitrogens with one attached hydrogen (secondary N) is 1. The number of nitrogens with zero attached hydrogens (tertiary/aromatic N) is 1. The fourth-order valence-electron chi connectivity index (χ4n) is 1.95. The Kier molecular flexibility index (Phi) is 4.11. The van der Waals surface area contributed by atoms with Crippen LogP contribution in [0.1, 0.15) is 18.5 Å². The molecular weight excluding hydrogens is 285 g/mol. The van der Waals surface area contributed by atoms with Crippen LogP contribution in [0.15, 0.2) is 36.4 Å². The molecule has 0 aliphatic carbocycles. The normalized spacial score (nSPS) is 12.0. The van der Waals surface area contributed by atoms with Gasteiger partial charge >= 0.3 is 0 Å². The van der Waals surface area contributed by atoms with Gasteiger partial charge in [-0.05, 0) is 19.1 Å². The van der Waals surface area contributed by atoms with Crippen LogP contribution in [-0.4, -0.2) is 4.92 Å². The zero-order chi connectivity index (χ0) is 15.6. The Balaban J connectivity index is 2.36. The minimum absolute atomic E-state index is 0.0777. The first-order valence-corrected chi connectivity index (χ1v) is 6.04. The monoisotopic (exact) mass is 296 g/mol. The van der Waals surface area contributed by atoms with Crippen LogP contribution in [0.2, 0.25) is 0 Å². The lowest BCUT2D eigenvalue weighted by atomic mass is 10.1. The molecule has 0 heterocycles. The van der Waals surface area contributed by atoms with E-state index in [9.17, 15) is 23.3 Å². The van der Waals surface area contributed by atoms with Gasteiger partial charge < -0.3 is 5.32 Å². The van der Waals surface area contributed by atoms with Crippen LogP contribution >= 0.6 is 0 Å².